The first kappa shape index (κ1) is 10.6. The fraction of sp³-hybridized carbons (Fsp3) is 0.300. The molecular weight excluding hydrogens is 206 g/mol. The second-order valence-corrected chi connectivity index (χ2v) is 3.23. The summed E-state index contributed by atoms with van der Waals surface area (Å²) < 4.78 is 6.86. The lowest BCUT2D eigenvalue weighted by molar-refractivity contribution is 0.390. The minimum absolute atomic E-state index is 0.344. The van der Waals surface area contributed by atoms with Crippen LogP contribution in [0.25, 0.3) is 0 Å². The van der Waals surface area contributed by atoms with Crippen molar-refractivity contribution < 1.29 is 4.74 Å². The van der Waals surface area contributed by atoms with Gasteiger partial charge in [-0.1, -0.05) is 6.07 Å². The normalized spacial score (nSPS) is 10.4. The number of nitrogens with zero attached hydrogens (tertiary/aromatic N) is 4. The minimum Gasteiger partial charge on any atom is -0.481 e. The molecule has 2 heterocycles. The van der Waals surface area contributed by atoms with Crippen LogP contribution in [-0.4, -0.2) is 26.9 Å². The Kier molecular flexibility index (Phi) is 3.11. The van der Waals surface area contributed by atoms with Crippen molar-refractivity contribution in [3.8, 4) is 5.88 Å². The number of hydrogen-bond acceptors (Lipinski definition) is 5. The molecule has 0 unspecified atom stereocenters. The molecule has 0 atom stereocenters. The van der Waals surface area contributed by atoms with Crippen LogP contribution in [-0.2, 0) is 13.1 Å². The van der Waals surface area contributed by atoms with Gasteiger partial charge in [0.25, 0.3) is 0 Å². The first-order valence-electron chi connectivity index (χ1n) is 4.89. The first-order valence-corrected chi connectivity index (χ1v) is 4.89. The molecule has 0 fully saturated rings. The van der Waals surface area contributed by atoms with Gasteiger partial charge in [-0.25, -0.2) is 14.6 Å². The Balaban J connectivity index is 2.19. The molecule has 0 bridgehead atoms. The van der Waals surface area contributed by atoms with Crippen LogP contribution in [0, 0.1) is 0 Å². The third-order valence-corrected chi connectivity index (χ3v) is 2.14. The minimum atomic E-state index is 0.344. The van der Waals surface area contributed by atoms with Gasteiger partial charge in [0.2, 0.25) is 5.88 Å². The Morgan fingerprint density at radius 3 is 3.00 bits per heavy atom. The van der Waals surface area contributed by atoms with Gasteiger partial charge in [0.15, 0.2) is 5.82 Å². The van der Waals surface area contributed by atoms with Gasteiger partial charge in [-0.05, 0) is 6.07 Å². The molecule has 0 spiro atoms. The smallest absolute Gasteiger partial charge is 0.218 e. The van der Waals surface area contributed by atoms with E-state index >= 15 is 0 Å². The van der Waals surface area contributed by atoms with Crippen molar-refractivity contribution in [3.05, 3.63) is 36.0 Å². The van der Waals surface area contributed by atoms with Gasteiger partial charge in [-0.15, -0.1) is 0 Å². The van der Waals surface area contributed by atoms with Gasteiger partial charge in [-0.2, -0.15) is 5.10 Å². The average Bonchev–Trinajstić information content (AvgIpc) is 2.77. The highest BCUT2D eigenvalue weighted by Gasteiger charge is 2.05. The summed E-state index contributed by atoms with van der Waals surface area (Å²) in [5.74, 6) is 1.23. The summed E-state index contributed by atoms with van der Waals surface area (Å²) in [7, 11) is 1.60. The molecule has 2 aromatic rings. The molecule has 0 aromatic carbocycles. The van der Waals surface area contributed by atoms with Crippen molar-refractivity contribution in [1.82, 2.24) is 19.7 Å². The van der Waals surface area contributed by atoms with E-state index in [9.17, 15) is 0 Å². The maximum atomic E-state index is 5.44. The molecule has 0 aliphatic rings. The monoisotopic (exact) mass is 219 g/mol. The zero-order valence-corrected chi connectivity index (χ0v) is 9.00. The third-order valence-electron chi connectivity index (χ3n) is 2.14. The zero-order valence-electron chi connectivity index (χ0n) is 9.00. The van der Waals surface area contributed by atoms with E-state index in [1.807, 2.05) is 12.1 Å². The van der Waals surface area contributed by atoms with E-state index in [-0.39, 0.29) is 0 Å². The van der Waals surface area contributed by atoms with Crippen LogP contribution < -0.4 is 10.5 Å². The molecule has 6 heteroatoms. The van der Waals surface area contributed by atoms with Gasteiger partial charge >= 0.3 is 0 Å². The van der Waals surface area contributed by atoms with Gasteiger partial charge < -0.3 is 10.5 Å². The largest absolute Gasteiger partial charge is 0.481 e. The standard InChI is InChI=1S/C10H13N5O/c1-16-10-8(3-2-4-12-10)6-15-7-13-9(5-11)14-15/h2-4,7H,5-6,11H2,1H3. The zero-order chi connectivity index (χ0) is 11.4. The predicted molar refractivity (Wildman–Crippen MR) is 57.8 cm³/mol. The van der Waals surface area contributed by atoms with E-state index in [1.54, 1.807) is 24.3 Å². The molecule has 16 heavy (non-hydrogen) atoms. The predicted octanol–water partition coefficient (Wildman–Crippen LogP) is 0.189. The summed E-state index contributed by atoms with van der Waals surface area (Å²) in [4.78, 5) is 8.16. The Bertz CT molecular complexity index is 468. The van der Waals surface area contributed by atoms with Crippen molar-refractivity contribution >= 4 is 0 Å². The van der Waals surface area contributed by atoms with Crippen LogP contribution in [0.5, 0.6) is 5.88 Å². The van der Waals surface area contributed by atoms with Crippen LogP contribution in [0.3, 0.4) is 0 Å². The Morgan fingerprint density at radius 1 is 1.44 bits per heavy atom. The summed E-state index contributed by atoms with van der Waals surface area (Å²) in [6.07, 6.45) is 3.34. The highest BCUT2D eigenvalue weighted by Crippen LogP contribution is 2.14. The topological polar surface area (TPSA) is 78.8 Å². The van der Waals surface area contributed by atoms with Crippen molar-refractivity contribution in [3.63, 3.8) is 0 Å². The molecular formula is C10H13N5O. The van der Waals surface area contributed by atoms with E-state index in [4.69, 9.17) is 10.5 Å². The number of nitrogens with two attached hydrogens (primary N) is 1. The SMILES string of the molecule is COc1ncccc1Cn1cnc(CN)n1. The third kappa shape index (κ3) is 2.17. The maximum Gasteiger partial charge on any atom is 0.218 e. The fourth-order valence-corrected chi connectivity index (χ4v) is 1.41. The quantitative estimate of drug-likeness (QED) is 0.794. The molecule has 2 rings (SSSR count). The van der Waals surface area contributed by atoms with E-state index in [2.05, 4.69) is 15.1 Å². The summed E-state index contributed by atoms with van der Waals surface area (Å²) in [5, 5.41) is 4.20. The van der Waals surface area contributed by atoms with Crippen LogP contribution in [0.15, 0.2) is 24.7 Å². The number of methoxy groups -OCH3 is 1. The number of hydrogen-bond donors (Lipinski definition) is 1. The number of ether oxygens (including phenoxy) is 1. The van der Waals surface area contributed by atoms with E-state index in [1.165, 1.54) is 0 Å². The molecule has 6 nitrogen and oxygen atoms in total. The van der Waals surface area contributed by atoms with Crippen LogP contribution in [0.1, 0.15) is 11.4 Å². The van der Waals surface area contributed by atoms with Gasteiger partial charge in [-0.3, -0.25) is 0 Å². The van der Waals surface area contributed by atoms with E-state index in [0.717, 1.165) is 5.56 Å². The molecule has 0 radical (unpaired) electrons. The summed E-state index contributed by atoms with van der Waals surface area (Å²) in [5.41, 5.74) is 6.39. The first-order chi connectivity index (χ1) is 7.83. The lowest BCUT2D eigenvalue weighted by atomic mass is 10.3. The van der Waals surface area contributed by atoms with Crippen molar-refractivity contribution in [2.24, 2.45) is 5.73 Å². The maximum absolute atomic E-state index is 5.44. The molecule has 2 N–H and O–H groups in total. The molecule has 0 amide bonds. The van der Waals surface area contributed by atoms with Crippen molar-refractivity contribution in [2.75, 3.05) is 7.11 Å². The molecule has 0 aliphatic carbocycles. The number of rotatable bonds is 4. The van der Waals surface area contributed by atoms with Crippen LogP contribution in [0.2, 0.25) is 0 Å². The molecule has 2 aromatic heterocycles. The summed E-state index contributed by atoms with van der Waals surface area (Å²) in [6.45, 7) is 0.918. The Labute approximate surface area is 93.1 Å². The molecule has 0 aliphatic heterocycles. The van der Waals surface area contributed by atoms with Gasteiger partial charge in [0.05, 0.1) is 20.2 Å². The molecule has 84 valence electrons. The second-order valence-electron chi connectivity index (χ2n) is 3.23. The van der Waals surface area contributed by atoms with Gasteiger partial charge in [0.1, 0.15) is 6.33 Å². The number of aromatic nitrogens is 4. The van der Waals surface area contributed by atoms with Crippen LogP contribution in [0.4, 0.5) is 0 Å². The highest BCUT2D eigenvalue weighted by atomic mass is 16.5. The Morgan fingerprint density at radius 2 is 2.31 bits per heavy atom. The van der Waals surface area contributed by atoms with Crippen molar-refractivity contribution in [1.29, 1.82) is 0 Å². The molecule has 0 saturated heterocycles. The lowest BCUT2D eigenvalue weighted by Crippen LogP contribution is -2.05. The van der Waals surface area contributed by atoms with E-state index in [0.29, 0.717) is 24.8 Å². The second kappa shape index (κ2) is 4.71. The average molecular weight is 219 g/mol. The van der Waals surface area contributed by atoms with Crippen LogP contribution >= 0.6 is 0 Å². The Hall–Kier alpha value is -1.95. The van der Waals surface area contributed by atoms with Crippen molar-refractivity contribution in [2.45, 2.75) is 13.1 Å². The summed E-state index contributed by atoms with van der Waals surface area (Å²) >= 11 is 0. The summed E-state index contributed by atoms with van der Waals surface area (Å²) in [6, 6.07) is 3.80. The fourth-order valence-electron chi connectivity index (χ4n) is 1.41. The van der Waals surface area contributed by atoms with Gasteiger partial charge in [0, 0.05) is 11.8 Å². The lowest BCUT2D eigenvalue weighted by Gasteiger charge is -2.05. The van der Waals surface area contributed by atoms with E-state index < -0.39 is 0 Å². The molecule has 0 saturated carbocycles. The highest BCUT2D eigenvalue weighted by molar-refractivity contribution is 5.25. The number of pyridine rings is 1.